The summed E-state index contributed by atoms with van der Waals surface area (Å²) in [6.45, 7) is 9.83. The summed E-state index contributed by atoms with van der Waals surface area (Å²) >= 11 is 0. The van der Waals surface area contributed by atoms with E-state index < -0.39 is 0 Å². The van der Waals surface area contributed by atoms with Crippen LogP contribution < -0.4 is 5.73 Å². The second kappa shape index (κ2) is 12.4. The lowest BCUT2D eigenvalue weighted by Gasteiger charge is -2.35. The largest absolute Gasteiger partial charge is 0.340 e. The summed E-state index contributed by atoms with van der Waals surface area (Å²) in [4.78, 5) is 41.2. The van der Waals surface area contributed by atoms with E-state index in [1.165, 1.54) is 0 Å². The van der Waals surface area contributed by atoms with Gasteiger partial charge in [-0.3, -0.25) is 9.59 Å². The number of nitrogens with zero attached hydrogens (tertiary/aromatic N) is 4. The second-order valence-electron chi connectivity index (χ2n) is 10.1. The fraction of sp³-hybridized carbons (Fsp3) is 0.483. The lowest BCUT2D eigenvalue weighted by Crippen LogP contribution is -2.45. The van der Waals surface area contributed by atoms with Crippen LogP contribution in [0.2, 0.25) is 0 Å². The highest BCUT2D eigenvalue weighted by Crippen LogP contribution is 2.29. The van der Waals surface area contributed by atoms with Gasteiger partial charge < -0.3 is 25.4 Å². The first-order chi connectivity index (χ1) is 17.9. The van der Waals surface area contributed by atoms with Gasteiger partial charge >= 0.3 is 0 Å². The van der Waals surface area contributed by atoms with Crippen LogP contribution in [0.3, 0.4) is 0 Å². The van der Waals surface area contributed by atoms with E-state index in [-0.39, 0.29) is 30.2 Å². The fourth-order valence-electron chi connectivity index (χ4n) is 5.10. The molecule has 198 valence electrons. The van der Waals surface area contributed by atoms with E-state index in [1.54, 1.807) is 12.1 Å². The summed E-state index contributed by atoms with van der Waals surface area (Å²) in [6.07, 6.45) is 1.63. The molecule has 37 heavy (non-hydrogen) atoms. The van der Waals surface area contributed by atoms with Crippen molar-refractivity contribution in [1.82, 2.24) is 24.7 Å². The Balaban J connectivity index is 1.57. The summed E-state index contributed by atoms with van der Waals surface area (Å²) in [6, 6.07) is 15.3. The molecule has 1 saturated heterocycles. The number of nitrogens with one attached hydrogen (secondary N) is 1. The SMILES string of the molecule is CCCN(C(=O)C(CCN1CCN(C)CC1)c1ccccc1)C(C)c1nc2ccc(C(=O)CN)cc2[nH]1. The number of rotatable bonds is 11. The van der Waals surface area contributed by atoms with Crippen LogP contribution >= 0.6 is 0 Å². The number of likely N-dealkylation sites (N-methyl/N-ethyl adjacent to an activating group) is 1. The number of amides is 1. The van der Waals surface area contributed by atoms with Gasteiger partial charge in [0.05, 0.1) is 29.5 Å². The van der Waals surface area contributed by atoms with Crippen molar-refractivity contribution in [3.63, 3.8) is 0 Å². The fourth-order valence-corrected chi connectivity index (χ4v) is 5.10. The van der Waals surface area contributed by atoms with Gasteiger partial charge in [-0.1, -0.05) is 37.3 Å². The second-order valence-corrected chi connectivity index (χ2v) is 10.1. The van der Waals surface area contributed by atoms with E-state index in [0.29, 0.717) is 12.1 Å². The normalized spacial score (nSPS) is 16.5. The van der Waals surface area contributed by atoms with Gasteiger partial charge in [-0.05, 0) is 57.1 Å². The molecular formula is C29H40N6O2. The van der Waals surface area contributed by atoms with E-state index in [9.17, 15) is 9.59 Å². The maximum Gasteiger partial charge on any atom is 0.230 e. The van der Waals surface area contributed by atoms with Crippen molar-refractivity contribution in [2.24, 2.45) is 5.73 Å². The lowest BCUT2D eigenvalue weighted by atomic mass is 9.93. The van der Waals surface area contributed by atoms with Crippen LogP contribution in [0.25, 0.3) is 11.0 Å². The number of piperazine rings is 1. The first-order valence-corrected chi connectivity index (χ1v) is 13.4. The van der Waals surface area contributed by atoms with E-state index >= 15 is 0 Å². The number of carbonyl (C=O) groups is 2. The molecule has 8 heteroatoms. The molecule has 1 fully saturated rings. The molecule has 0 saturated carbocycles. The maximum atomic E-state index is 14.2. The summed E-state index contributed by atoms with van der Waals surface area (Å²) in [7, 11) is 2.16. The molecule has 0 spiro atoms. The van der Waals surface area contributed by atoms with E-state index in [2.05, 4.69) is 40.9 Å². The molecule has 8 nitrogen and oxygen atoms in total. The standard InChI is InChI=1S/C29H40N6O2/c1-4-13-35(21(2)28-31-25-11-10-23(27(36)20-30)19-26(25)32-28)29(37)24(22-8-6-5-7-9-22)12-14-34-17-15-33(3)16-18-34/h5-11,19,21,24H,4,12-18,20,30H2,1-3H3,(H,31,32). The summed E-state index contributed by atoms with van der Waals surface area (Å²) in [5.41, 5.74) is 8.71. The molecule has 2 heterocycles. The van der Waals surface area contributed by atoms with Crippen LogP contribution in [0, 0.1) is 0 Å². The average Bonchev–Trinajstić information content (AvgIpc) is 3.36. The number of benzene rings is 2. The molecule has 1 aromatic heterocycles. The van der Waals surface area contributed by atoms with Crippen LogP contribution in [-0.2, 0) is 4.79 Å². The molecule has 1 aliphatic heterocycles. The smallest absolute Gasteiger partial charge is 0.230 e. The number of ketones is 1. The number of aromatic nitrogens is 2. The molecular weight excluding hydrogens is 464 g/mol. The van der Waals surface area contributed by atoms with Crippen LogP contribution in [-0.4, -0.2) is 89.2 Å². The van der Waals surface area contributed by atoms with Crippen molar-refractivity contribution < 1.29 is 9.59 Å². The van der Waals surface area contributed by atoms with Crippen molar-refractivity contribution in [1.29, 1.82) is 0 Å². The number of nitrogens with two attached hydrogens (primary N) is 1. The van der Waals surface area contributed by atoms with Gasteiger partial charge in [0.25, 0.3) is 0 Å². The third-order valence-electron chi connectivity index (χ3n) is 7.45. The summed E-state index contributed by atoms with van der Waals surface area (Å²) in [5, 5.41) is 0. The van der Waals surface area contributed by atoms with Crippen LogP contribution in [0.4, 0.5) is 0 Å². The van der Waals surface area contributed by atoms with E-state index in [1.807, 2.05) is 36.1 Å². The van der Waals surface area contributed by atoms with Gasteiger partial charge in [0.2, 0.25) is 5.91 Å². The van der Waals surface area contributed by atoms with Crippen molar-refractivity contribution >= 4 is 22.7 Å². The summed E-state index contributed by atoms with van der Waals surface area (Å²) < 4.78 is 0. The number of aromatic amines is 1. The van der Waals surface area contributed by atoms with Gasteiger partial charge in [0.15, 0.2) is 5.78 Å². The minimum Gasteiger partial charge on any atom is -0.340 e. The number of hydrogen-bond acceptors (Lipinski definition) is 6. The van der Waals surface area contributed by atoms with Crippen molar-refractivity contribution in [2.45, 2.75) is 38.6 Å². The van der Waals surface area contributed by atoms with E-state index in [4.69, 9.17) is 10.7 Å². The zero-order valence-corrected chi connectivity index (χ0v) is 22.3. The molecule has 1 aliphatic rings. The zero-order valence-electron chi connectivity index (χ0n) is 22.3. The van der Waals surface area contributed by atoms with Gasteiger partial charge in [0, 0.05) is 38.3 Å². The van der Waals surface area contributed by atoms with E-state index in [0.717, 1.165) is 68.0 Å². The summed E-state index contributed by atoms with van der Waals surface area (Å²) in [5.74, 6) is 0.530. The Morgan fingerprint density at radius 1 is 1.11 bits per heavy atom. The number of hydrogen-bond donors (Lipinski definition) is 2. The predicted octanol–water partition coefficient (Wildman–Crippen LogP) is 3.43. The molecule has 0 aliphatic carbocycles. The van der Waals surface area contributed by atoms with Gasteiger partial charge in [-0.2, -0.15) is 0 Å². The quantitative estimate of drug-likeness (QED) is 0.388. The number of H-pyrrole nitrogens is 1. The molecule has 2 unspecified atom stereocenters. The van der Waals surface area contributed by atoms with Crippen LogP contribution in [0.5, 0.6) is 0 Å². The van der Waals surface area contributed by atoms with Crippen LogP contribution in [0.15, 0.2) is 48.5 Å². The maximum absolute atomic E-state index is 14.2. The number of carbonyl (C=O) groups excluding carboxylic acids is 2. The Morgan fingerprint density at radius 2 is 1.84 bits per heavy atom. The monoisotopic (exact) mass is 504 g/mol. The van der Waals surface area contributed by atoms with Gasteiger partial charge in [-0.15, -0.1) is 0 Å². The Morgan fingerprint density at radius 3 is 2.51 bits per heavy atom. The van der Waals surface area contributed by atoms with Crippen LogP contribution in [0.1, 0.15) is 60.4 Å². The number of imidazole rings is 1. The minimum atomic E-state index is -0.233. The molecule has 3 aromatic rings. The Bertz CT molecular complexity index is 1190. The highest BCUT2D eigenvalue weighted by atomic mass is 16.2. The Kier molecular flexibility index (Phi) is 9.08. The minimum absolute atomic E-state index is 0.0311. The lowest BCUT2D eigenvalue weighted by molar-refractivity contribution is -0.135. The van der Waals surface area contributed by atoms with Gasteiger partial charge in [0.1, 0.15) is 5.82 Å². The highest BCUT2D eigenvalue weighted by molar-refractivity contribution is 6.00. The van der Waals surface area contributed by atoms with Crippen molar-refractivity contribution in [3.8, 4) is 0 Å². The third kappa shape index (κ3) is 6.44. The number of Topliss-reactive ketones (excluding diaryl/α,β-unsaturated/α-hetero) is 1. The first-order valence-electron chi connectivity index (χ1n) is 13.4. The molecule has 1 amide bonds. The third-order valence-corrected chi connectivity index (χ3v) is 7.45. The molecule has 0 bridgehead atoms. The van der Waals surface area contributed by atoms with Crippen molar-refractivity contribution in [3.05, 3.63) is 65.5 Å². The molecule has 2 aromatic carbocycles. The molecule has 4 rings (SSSR count). The zero-order chi connectivity index (χ0) is 26.4. The highest BCUT2D eigenvalue weighted by Gasteiger charge is 2.31. The molecule has 2 atom stereocenters. The molecule has 0 radical (unpaired) electrons. The Hall–Kier alpha value is -3.07. The Labute approximate surface area is 219 Å². The first kappa shape index (κ1) is 27.0. The average molecular weight is 505 g/mol. The number of fused-ring (bicyclic) bond motifs is 1. The predicted molar refractivity (Wildman–Crippen MR) is 148 cm³/mol. The molecule has 3 N–H and O–H groups in total. The van der Waals surface area contributed by atoms with Gasteiger partial charge in [-0.25, -0.2) is 4.98 Å². The topological polar surface area (TPSA) is 98.6 Å². The van der Waals surface area contributed by atoms with Crippen molar-refractivity contribution in [2.75, 3.05) is 52.9 Å².